The van der Waals surface area contributed by atoms with Gasteiger partial charge in [-0.2, -0.15) is 5.10 Å². The molecule has 0 aliphatic rings. The number of pyridine rings is 1. The predicted octanol–water partition coefficient (Wildman–Crippen LogP) is 3.77. The summed E-state index contributed by atoms with van der Waals surface area (Å²) in [5, 5.41) is 9.10. The van der Waals surface area contributed by atoms with Crippen molar-refractivity contribution < 1.29 is 15.1 Å². The molecule has 0 radical (unpaired) electrons. The second-order valence-electron chi connectivity index (χ2n) is 4.58. The molecule has 0 saturated heterocycles. The van der Waals surface area contributed by atoms with Crippen LogP contribution in [0.4, 0.5) is 0 Å². The molecule has 0 aliphatic heterocycles. The molecule has 0 N–H and O–H groups in total. The van der Waals surface area contributed by atoms with Crippen LogP contribution in [0.5, 0.6) is 0 Å². The van der Waals surface area contributed by atoms with E-state index in [0.717, 1.165) is 30.1 Å². The minimum absolute atomic E-state index is 0.495. The number of amidine groups is 1. The molecular weight excluding hydrogens is 391 g/mol. The SMILES string of the molecule is CCN(CC)/C([S-])=N/N=C(\c1ccccc1)c1ccccn1.[Cl][Cu+]. The van der Waals surface area contributed by atoms with Crippen LogP contribution in [0.1, 0.15) is 25.1 Å². The molecule has 0 bridgehead atoms. The molecule has 0 fully saturated rings. The number of benzene rings is 1. The number of rotatable bonds is 5. The van der Waals surface area contributed by atoms with Crippen molar-refractivity contribution in [3.63, 3.8) is 0 Å². The zero-order valence-corrected chi connectivity index (χ0v) is 16.0. The molecular formula is C17H19ClCuN4S. The molecule has 24 heavy (non-hydrogen) atoms. The first-order chi connectivity index (χ1) is 11.8. The van der Waals surface area contributed by atoms with Gasteiger partial charge >= 0.3 is 25.2 Å². The van der Waals surface area contributed by atoms with Crippen molar-refractivity contribution in [3.8, 4) is 0 Å². The van der Waals surface area contributed by atoms with Gasteiger partial charge in [0.15, 0.2) is 0 Å². The zero-order chi connectivity index (χ0) is 17.8. The number of hydrogen-bond donors (Lipinski definition) is 0. The van der Waals surface area contributed by atoms with Crippen LogP contribution >= 0.6 is 10.1 Å². The molecule has 1 aromatic heterocycles. The Morgan fingerprint density at radius 3 is 2.21 bits per heavy atom. The Bertz CT molecular complexity index is 605. The Morgan fingerprint density at radius 2 is 1.67 bits per heavy atom. The van der Waals surface area contributed by atoms with Gasteiger partial charge in [-0.05, 0) is 26.0 Å². The van der Waals surface area contributed by atoms with E-state index in [1.807, 2.05) is 67.3 Å². The Labute approximate surface area is 161 Å². The van der Waals surface area contributed by atoms with Crippen molar-refractivity contribution in [2.45, 2.75) is 13.8 Å². The van der Waals surface area contributed by atoms with Crippen LogP contribution in [0.25, 0.3) is 0 Å². The van der Waals surface area contributed by atoms with E-state index in [9.17, 15) is 0 Å². The zero-order valence-electron chi connectivity index (χ0n) is 13.5. The molecule has 4 nitrogen and oxygen atoms in total. The van der Waals surface area contributed by atoms with E-state index in [1.54, 1.807) is 6.20 Å². The fraction of sp³-hybridized carbons (Fsp3) is 0.235. The van der Waals surface area contributed by atoms with Crippen LogP contribution in [-0.4, -0.2) is 33.9 Å². The van der Waals surface area contributed by atoms with Gasteiger partial charge in [-0.15, -0.1) is 5.10 Å². The molecule has 0 amide bonds. The van der Waals surface area contributed by atoms with Crippen LogP contribution in [0.2, 0.25) is 0 Å². The summed E-state index contributed by atoms with van der Waals surface area (Å²) in [6, 6.07) is 15.6. The second-order valence-corrected chi connectivity index (χ2v) is 4.95. The predicted molar refractivity (Wildman–Crippen MR) is 99.9 cm³/mol. The Kier molecular flexibility index (Phi) is 10.3. The van der Waals surface area contributed by atoms with Crippen molar-refractivity contribution in [2.75, 3.05) is 13.1 Å². The quantitative estimate of drug-likeness (QED) is 0.248. The third kappa shape index (κ3) is 6.21. The normalized spacial score (nSPS) is 11.5. The number of nitrogens with zero attached hydrogens (tertiary/aromatic N) is 4. The van der Waals surface area contributed by atoms with Crippen LogP contribution in [0, 0.1) is 0 Å². The van der Waals surface area contributed by atoms with Crippen molar-refractivity contribution in [3.05, 3.63) is 66.0 Å². The summed E-state index contributed by atoms with van der Waals surface area (Å²) in [4.78, 5) is 6.36. The molecule has 1 aromatic carbocycles. The Balaban J connectivity index is 0.00000139. The summed E-state index contributed by atoms with van der Waals surface area (Å²) < 4.78 is 0. The summed E-state index contributed by atoms with van der Waals surface area (Å²) in [6.45, 7) is 5.73. The first-order valence-corrected chi connectivity index (χ1v) is 9.12. The maximum absolute atomic E-state index is 5.32. The average molecular weight is 410 g/mol. The van der Waals surface area contributed by atoms with Crippen LogP contribution in [0.15, 0.2) is 64.9 Å². The van der Waals surface area contributed by atoms with Gasteiger partial charge in [0.1, 0.15) is 5.71 Å². The molecule has 7 heteroatoms. The summed E-state index contributed by atoms with van der Waals surface area (Å²) in [6.07, 6.45) is 1.75. The number of hydrogen-bond acceptors (Lipinski definition) is 4. The van der Waals surface area contributed by atoms with Gasteiger partial charge in [0.2, 0.25) is 0 Å². The standard InChI is InChI=1S/C17H20N4S.ClH.Cu/c1-3-21(4-2)17(22)20-19-16(14-10-6-5-7-11-14)15-12-8-9-13-18-15;;/h5-13H,3-4H2,1-2H3,(H,20,22);1H;/q;;+2/p-2/b19-16+;;. The van der Waals surface area contributed by atoms with E-state index in [4.69, 9.17) is 12.6 Å². The molecule has 131 valence electrons. The number of halogens is 1. The van der Waals surface area contributed by atoms with Gasteiger partial charge in [-0.25, -0.2) is 0 Å². The van der Waals surface area contributed by atoms with Crippen LogP contribution < -0.4 is 0 Å². The minimum atomic E-state index is 0.495. The third-order valence-corrected chi connectivity index (χ3v) is 3.56. The van der Waals surface area contributed by atoms with Crippen molar-refractivity contribution in [2.24, 2.45) is 10.2 Å². The summed E-state index contributed by atoms with van der Waals surface area (Å²) >= 11 is 8.98. The molecule has 0 unspecified atom stereocenters. The van der Waals surface area contributed by atoms with Gasteiger partial charge in [0.25, 0.3) is 0 Å². The second kappa shape index (κ2) is 12.0. The van der Waals surface area contributed by atoms with Crippen LogP contribution in [0.3, 0.4) is 0 Å². The van der Waals surface area contributed by atoms with Gasteiger partial charge < -0.3 is 17.5 Å². The van der Waals surface area contributed by atoms with E-state index >= 15 is 0 Å². The molecule has 0 spiro atoms. The Hall–Kier alpha value is -1.46. The van der Waals surface area contributed by atoms with Gasteiger partial charge in [0, 0.05) is 30.0 Å². The van der Waals surface area contributed by atoms with E-state index in [-0.39, 0.29) is 0 Å². The van der Waals surface area contributed by atoms with Crippen molar-refractivity contribution in [1.29, 1.82) is 0 Å². The monoisotopic (exact) mass is 409 g/mol. The first kappa shape index (κ1) is 20.6. The molecule has 0 atom stereocenters. The molecule has 0 saturated carbocycles. The first-order valence-electron chi connectivity index (χ1n) is 7.42. The van der Waals surface area contributed by atoms with Crippen LogP contribution in [-0.2, 0) is 27.7 Å². The fourth-order valence-electron chi connectivity index (χ4n) is 2.01. The molecule has 2 rings (SSSR count). The molecule has 0 aliphatic carbocycles. The van der Waals surface area contributed by atoms with E-state index in [0.29, 0.717) is 5.17 Å². The van der Waals surface area contributed by atoms with Gasteiger partial charge in [0.05, 0.1) is 5.69 Å². The molecule has 1 heterocycles. The van der Waals surface area contributed by atoms with Gasteiger partial charge in [-0.3, -0.25) is 4.98 Å². The van der Waals surface area contributed by atoms with E-state index < -0.39 is 0 Å². The maximum atomic E-state index is 5.32. The van der Waals surface area contributed by atoms with Crippen molar-refractivity contribution >= 4 is 33.6 Å². The van der Waals surface area contributed by atoms with Crippen molar-refractivity contribution in [1.82, 2.24) is 9.88 Å². The molecule has 2 aromatic rings. The summed E-state index contributed by atoms with van der Waals surface area (Å²) in [7, 11) is 4.20. The summed E-state index contributed by atoms with van der Waals surface area (Å²) in [5.41, 5.74) is 2.46. The Morgan fingerprint density at radius 1 is 1.04 bits per heavy atom. The van der Waals surface area contributed by atoms with E-state index in [1.165, 1.54) is 0 Å². The summed E-state index contributed by atoms with van der Waals surface area (Å²) in [5.74, 6) is 0. The third-order valence-electron chi connectivity index (χ3n) is 3.22. The number of aromatic nitrogens is 1. The van der Waals surface area contributed by atoms with Gasteiger partial charge in [-0.1, -0.05) is 36.4 Å². The topological polar surface area (TPSA) is 40.9 Å². The van der Waals surface area contributed by atoms with E-state index in [2.05, 4.69) is 40.4 Å². The fourth-order valence-corrected chi connectivity index (χ4v) is 2.30. The average Bonchev–Trinajstić information content (AvgIpc) is 2.66.